The lowest BCUT2D eigenvalue weighted by atomic mass is 10.2. The van der Waals surface area contributed by atoms with Crippen LogP contribution in [0.1, 0.15) is 40.0 Å². The summed E-state index contributed by atoms with van der Waals surface area (Å²) in [5.74, 6) is 2.30. The lowest BCUT2D eigenvalue weighted by molar-refractivity contribution is 0.534. The van der Waals surface area contributed by atoms with Crippen LogP contribution in [0.15, 0.2) is 0 Å². The zero-order valence-corrected chi connectivity index (χ0v) is 10.2. The molecule has 0 aromatic carbocycles. The largest absolute Gasteiger partial charge is 0.316 e. The zero-order valence-electron chi connectivity index (χ0n) is 9.39. The Bertz CT molecular complexity index is 147. The van der Waals surface area contributed by atoms with E-state index in [4.69, 9.17) is 0 Å². The second kappa shape index (κ2) is 4.70. The van der Waals surface area contributed by atoms with E-state index in [1.165, 1.54) is 25.0 Å². The molecule has 1 aliphatic rings. The van der Waals surface area contributed by atoms with Crippen LogP contribution in [0.4, 0.5) is 0 Å². The predicted molar refractivity (Wildman–Crippen MR) is 62.4 cm³/mol. The van der Waals surface area contributed by atoms with Crippen molar-refractivity contribution in [3.05, 3.63) is 0 Å². The fourth-order valence-electron chi connectivity index (χ4n) is 1.38. The van der Waals surface area contributed by atoms with E-state index in [-0.39, 0.29) is 0 Å². The molecule has 1 saturated carbocycles. The fraction of sp³-hybridized carbons (Fsp3) is 1.00. The maximum absolute atomic E-state index is 3.43. The summed E-state index contributed by atoms with van der Waals surface area (Å²) in [7, 11) is 2.09. The Hall–Kier alpha value is 0.310. The predicted octanol–water partition coefficient (Wildman–Crippen LogP) is 2.91. The highest BCUT2D eigenvalue weighted by molar-refractivity contribution is 8.00. The minimum Gasteiger partial charge on any atom is -0.316 e. The van der Waals surface area contributed by atoms with Gasteiger partial charge in [0.15, 0.2) is 0 Å². The Morgan fingerprint density at radius 1 is 1.38 bits per heavy atom. The lowest BCUT2D eigenvalue weighted by Gasteiger charge is -2.22. The van der Waals surface area contributed by atoms with Crippen LogP contribution in [0.2, 0.25) is 0 Å². The summed E-state index contributed by atoms with van der Waals surface area (Å²) < 4.78 is 0.415. The van der Waals surface area contributed by atoms with Gasteiger partial charge in [0, 0.05) is 16.5 Å². The molecule has 0 saturated heterocycles. The summed E-state index contributed by atoms with van der Waals surface area (Å²) in [6, 6.07) is 0.733. The van der Waals surface area contributed by atoms with E-state index in [0.717, 1.165) is 12.0 Å². The van der Waals surface area contributed by atoms with Gasteiger partial charge in [0.2, 0.25) is 0 Å². The van der Waals surface area contributed by atoms with Crippen LogP contribution in [0.3, 0.4) is 0 Å². The minimum atomic E-state index is 0.415. The summed E-state index contributed by atoms with van der Waals surface area (Å²) in [4.78, 5) is 0. The van der Waals surface area contributed by atoms with E-state index in [1.807, 2.05) is 0 Å². The number of nitrogens with one attached hydrogen (secondary N) is 1. The molecule has 0 aromatic rings. The molecule has 78 valence electrons. The van der Waals surface area contributed by atoms with E-state index in [0.29, 0.717) is 4.75 Å². The molecule has 2 heteroatoms. The van der Waals surface area contributed by atoms with Gasteiger partial charge in [-0.15, -0.1) is 0 Å². The summed E-state index contributed by atoms with van der Waals surface area (Å²) >= 11 is 2.07. The van der Waals surface area contributed by atoms with Gasteiger partial charge in [-0.05, 0) is 19.4 Å². The highest BCUT2D eigenvalue weighted by Crippen LogP contribution is 2.35. The Labute approximate surface area is 87.1 Å². The van der Waals surface area contributed by atoms with E-state index < -0.39 is 0 Å². The first-order chi connectivity index (χ1) is 6.01. The second-order valence-electron chi connectivity index (χ2n) is 5.09. The van der Waals surface area contributed by atoms with Crippen molar-refractivity contribution < 1.29 is 0 Å². The number of hydrogen-bond donors (Lipinski definition) is 1. The Morgan fingerprint density at radius 3 is 2.38 bits per heavy atom. The molecular weight excluding hydrogens is 178 g/mol. The molecule has 13 heavy (non-hydrogen) atoms. The van der Waals surface area contributed by atoms with Crippen molar-refractivity contribution in [2.45, 2.75) is 50.8 Å². The van der Waals surface area contributed by atoms with Crippen LogP contribution < -0.4 is 5.32 Å². The smallest absolute Gasteiger partial charge is 0.0158 e. The molecule has 1 nitrogen and oxygen atoms in total. The third-order valence-electron chi connectivity index (χ3n) is 2.44. The molecule has 0 radical (unpaired) electrons. The average Bonchev–Trinajstić information content (AvgIpc) is 2.79. The third-order valence-corrected chi connectivity index (χ3v) is 3.88. The van der Waals surface area contributed by atoms with Gasteiger partial charge in [-0.25, -0.2) is 0 Å². The highest BCUT2D eigenvalue weighted by Gasteiger charge is 2.25. The van der Waals surface area contributed by atoms with Crippen molar-refractivity contribution in [3.8, 4) is 0 Å². The molecule has 1 unspecified atom stereocenters. The number of rotatable bonds is 5. The number of hydrogen-bond acceptors (Lipinski definition) is 2. The SMILES string of the molecule is CNC(CSC(C)(C)C)CC1CC1. The first-order valence-corrected chi connectivity index (χ1v) is 6.31. The van der Waals surface area contributed by atoms with Crippen molar-refractivity contribution in [2.24, 2.45) is 5.92 Å². The molecule has 1 aliphatic carbocycles. The summed E-state index contributed by atoms with van der Waals surface area (Å²) in [5.41, 5.74) is 0. The quantitative estimate of drug-likeness (QED) is 0.734. The van der Waals surface area contributed by atoms with E-state index in [9.17, 15) is 0 Å². The average molecular weight is 201 g/mol. The topological polar surface area (TPSA) is 12.0 Å². The molecule has 0 spiro atoms. The van der Waals surface area contributed by atoms with Gasteiger partial charge < -0.3 is 5.32 Å². The Balaban J connectivity index is 2.14. The summed E-state index contributed by atoms with van der Waals surface area (Å²) in [6.45, 7) is 6.88. The molecule has 0 bridgehead atoms. The summed E-state index contributed by atoms with van der Waals surface area (Å²) in [6.07, 6.45) is 4.33. The van der Waals surface area contributed by atoms with E-state index >= 15 is 0 Å². The first-order valence-electron chi connectivity index (χ1n) is 5.32. The van der Waals surface area contributed by atoms with Crippen molar-refractivity contribution in [1.29, 1.82) is 0 Å². The van der Waals surface area contributed by atoms with Gasteiger partial charge in [-0.2, -0.15) is 11.8 Å². The van der Waals surface area contributed by atoms with E-state index in [1.54, 1.807) is 0 Å². The Morgan fingerprint density at radius 2 is 2.00 bits per heavy atom. The van der Waals surface area contributed by atoms with Gasteiger partial charge in [0.25, 0.3) is 0 Å². The molecule has 1 rings (SSSR count). The molecule has 0 aliphatic heterocycles. The second-order valence-corrected chi connectivity index (χ2v) is 6.93. The summed E-state index contributed by atoms with van der Waals surface area (Å²) in [5, 5.41) is 3.43. The van der Waals surface area contributed by atoms with Gasteiger partial charge in [0.05, 0.1) is 0 Å². The van der Waals surface area contributed by atoms with Gasteiger partial charge in [0.1, 0.15) is 0 Å². The van der Waals surface area contributed by atoms with Crippen LogP contribution in [0.5, 0.6) is 0 Å². The van der Waals surface area contributed by atoms with Crippen LogP contribution in [-0.4, -0.2) is 23.6 Å². The van der Waals surface area contributed by atoms with Crippen LogP contribution >= 0.6 is 11.8 Å². The molecule has 0 amide bonds. The fourth-order valence-corrected chi connectivity index (χ4v) is 2.38. The normalized spacial score (nSPS) is 20.3. The van der Waals surface area contributed by atoms with Gasteiger partial charge in [-0.1, -0.05) is 33.6 Å². The molecule has 0 aromatic heterocycles. The van der Waals surface area contributed by atoms with E-state index in [2.05, 4.69) is 44.9 Å². The highest BCUT2D eigenvalue weighted by atomic mass is 32.2. The van der Waals surface area contributed by atoms with Crippen LogP contribution in [0, 0.1) is 5.92 Å². The standard InChI is InChI=1S/C11H23NS/c1-11(2,3)13-8-10(12-4)7-9-5-6-9/h9-10,12H,5-8H2,1-4H3. The zero-order chi connectivity index (χ0) is 9.90. The van der Waals surface area contributed by atoms with Crippen molar-refractivity contribution in [3.63, 3.8) is 0 Å². The van der Waals surface area contributed by atoms with Crippen LogP contribution in [-0.2, 0) is 0 Å². The molecule has 1 fully saturated rings. The van der Waals surface area contributed by atoms with Crippen molar-refractivity contribution >= 4 is 11.8 Å². The lowest BCUT2D eigenvalue weighted by Crippen LogP contribution is -2.30. The van der Waals surface area contributed by atoms with Gasteiger partial charge in [-0.3, -0.25) is 0 Å². The Kier molecular flexibility index (Phi) is 4.11. The maximum Gasteiger partial charge on any atom is 0.0158 e. The third kappa shape index (κ3) is 5.58. The number of thioether (sulfide) groups is 1. The molecule has 1 atom stereocenters. The van der Waals surface area contributed by atoms with Gasteiger partial charge >= 0.3 is 0 Å². The van der Waals surface area contributed by atoms with Crippen molar-refractivity contribution in [2.75, 3.05) is 12.8 Å². The maximum atomic E-state index is 3.43. The molecule has 1 N–H and O–H groups in total. The minimum absolute atomic E-state index is 0.415. The molecular formula is C11H23NS. The molecule has 0 heterocycles. The van der Waals surface area contributed by atoms with Crippen molar-refractivity contribution in [1.82, 2.24) is 5.32 Å². The first kappa shape index (κ1) is 11.4. The monoisotopic (exact) mass is 201 g/mol. The van der Waals surface area contributed by atoms with Crippen LogP contribution in [0.25, 0.3) is 0 Å².